The fourth-order valence-electron chi connectivity index (χ4n) is 2.29. The quantitative estimate of drug-likeness (QED) is 0.293. The van der Waals surface area contributed by atoms with Gasteiger partial charge >= 0.3 is 0 Å². The summed E-state index contributed by atoms with van der Waals surface area (Å²) in [6.45, 7) is 2.24. The first kappa shape index (κ1) is 20.9. The van der Waals surface area contributed by atoms with Crippen LogP contribution in [0.4, 0.5) is 11.4 Å². The van der Waals surface area contributed by atoms with Gasteiger partial charge in [-0.1, -0.05) is 22.0 Å². The first-order valence-electron chi connectivity index (χ1n) is 8.07. The number of halogens is 1. The first-order chi connectivity index (χ1) is 13.4. The number of amides is 1. The number of hydrogen-bond donors (Lipinski definition) is 1. The van der Waals surface area contributed by atoms with E-state index in [1.165, 1.54) is 37.5 Å². The molecule has 0 aromatic heterocycles. The van der Waals surface area contributed by atoms with Crippen LogP contribution in [0.1, 0.15) is 12.5 Å². The molecule has 0 spiro atoms. The molecule has 0 aliphatic carbocycles. The van der Waals surface area contributed by atoms with Gasteiger partial charge in [-0.05, 0) is 36.8 Å². The molecular formula is C19H16BrN3O5. The van der Waals surface area contributed by atoms with E-state index in [0.717, 1.165) is 0 Å². The van der Waals surface area contributed by atoms with Gasteiger partial charge in [0.15, 0.2) is 11.5 Å². The lowest BCUT2D eigenvalue weighted by molar-refractivity contribution is -0.384. The number of non-ortho nitro benzene ring substituents is 1. The summed E-state index contributed by atoms with van der Waals surface area (Å²) in [5.41, 5.74) is 0.401. The number of nitro groups is 1. The van der Waals surface area contributed by atoms with E-state index in [2.05, 4.69) is 21.2 Å². The van der Waals surface area contributed by atoms with Gasteiger partial charge in [-0.25, -0.2) is 0 Å². The Bertz CT molecular complexity index is 982. The smallest absolute Gasteiger partial charge is 0.271 e. The maximum absolute atomic E-state index is 12.4. The molecule has 0 saturated carbocycles. The molecule has 2 aromatic rings. The number of anilines is 1. The summed E-state index contributed by atoms with van der Waals surface area (Å²) in [6, 6.07) is 10.6. The van der Waals surface area contributed by atoms with Gasteiger partial charge in [0, 0.05) is 22.3 Å². The van der Waals surface area contributed by atoms with E-state index in [-0.39, 0.29) is 16.9 Å². The molecule has 1 amide bonds. The summed E-state index contributed by atoms with van der Waals surface area (Å²) in [5.74, 6) is 0.282. The maximum atomic E-state index is 12.4. The third-order valence-corrected chi connectivity index (χ3v) is 4.25. The lowest BCUT2D eigenvalue weighted by atomic mass is 10.1. The molecule has 0 aliphatic heterocycles. The van der Waals surface area contributed by atoms with E-state index < -0.39 is 10.8 Å². The van der Waals surface area contributed by atoms with Gasteiger partial charge in [-0.3, -0.25) is 14.9 Å². The standard InChI is InChI=1S/C19H16BrN3O5/c1-3-28-18-8-12(16(20)10-17(18)27-2)7-13(11-21)19(24)22-14-5-4-6-15(9-14)23(25)26/h4-10H,3H2,1-2H3,(H,22,24)/b13-7+. The Morgan fingerprint density at radius 1 is 1.36 bits per heavy atom. The Morgan fingerprint density at radius 3 is 2.71 bits per heavy atom. The van der Waals surface area contributed by atoms with Crippen molar-refractivity contribution in [1.82, 2.24) is 0 Å². The van der Waals surface area contributed by atoms with E-state index in [9.17, 15) is 20.2 Å². The predicted octanol–water partition coefficient (Wildman–Crippen LogP) is 4.31. The van der Waals surface area contributed by atoms with Crippen molar-refractivity contribution in [2.45, 2.75) is 6.92 Å². The third kappa shape index (κ3) is 5.08. The Labute approximate surface area is 169 Å². The number of carbonyl (C=O) groups excluding carboxylic acids is 1. The molecule has 28 heavy (non-hydrogen) atoms. The van der Waals surface area contributed by atoms with E-state index in [0.29, 0.717) is 28.1 Å². The Kier molecular flexibility index (Phi) is 7.12. The average molecular weight is 446 g/mol. The molecule has 144 valence electrons. The normalized spacial score (nSPS) is 10.7. The minimum atomic E-state index is -0.691. The Morgan fingerprint density at radius 2 is 2.11 bits per heavy atom. The molecule has 1 N–H and O–H groups in total. The highest BCUT2D eigenvalue weighted by atomic mass is 79.9. The highest BCUT2D eigenvalue weighted by Crippen LogP contribution is 2.34. The van der Waals surface area contributed by atoms with E-state index in [1.54, 1.807) is 12.1 Å². The van der Waals surface area contributed by atoms with Gasteiger partial charge in [-0.2, -0.15) is 5.26 Å². The van der Waals surface area contributed by atoms with E-state index in [1.807, 2.05) is 13.0 Å². The van der Waals surface area contributed by atoms with E-state index in [4.69, 9.17) is 9.47 Å². The van der Waals surface area contributed by atoms with Gasteiger partial charge < -0.3 is 14.8 Å². The first-order valence-corrected chi connectivity index (χ1v) is 8.86. The molecule has 2 rings (SSSR count). The molecule has 0 radical (unpaired) electrons. The zero-order valence-electron chi connectivity index (χ0n) is 15.1. The van der Waals surface area contributed by atoms with Crippen LogP contribution in [0.3, 0.4) is 0 Å². The van der Waals surface area contributed by atoms with Crippen LogP contribution in [0.2, 0.25) is 0 Å². The van der Waals surface area contributed by atoms with Gasteiger partial charge in [0.25, 0.3) is 11.6 Å². The third-order valence-electron chi connectivity index (χ3n) is 3.56. The lowest BCUT2D eigenvalue weighted by Crippen LogP contribution is -2.13. The van der Waals surface area contributed by atoms with Crippen molar-refractivity contribution in [3.63, 3.8) is 0 Å². The van der Waals surface area contributed by atoms with Crippen LogP contribution in [-0.2, 0) is 4.79 Å². The zero-order chi connectivity index (χ0) is 20.7. The van der Waals surface area contributed by atoms with Crippen molar-refractivity contribution < 1.29 is 19.2 Å². The summed E-state index contributed by atoms with van der Waals surface area (Å²) in [5, 5.41) is 22.7. The van der Waals surface area contributed by atoms with Gasteiger partial charge in [-0.15, -0.1) is 0 Å². The largest absolute Gasteiger partial charge is 0.493 e. The number of nitrogens with zero attached hydrogens (tertiary/aromatic N) is 2. The Hall–Kier alpha value is -3.38. The van der Waals surface area contributed by atoms with Gasteiger partial charge in [0.1, 0.15) is 11.6 Å². The SMILES string of the molecule is CCOc1cc(/C=C(\C#N)C(=O)Nc2cccc([N+](=O)[O-])c2)c(Br)cc1OC. The minimum absolute atomic E-state index is 0.167. The summed E-state index contributed by atoms with van der Waals surface area (Å²) >= 11 is 3.38. The molecule has 0 fully saturated rings. The highest BCUT2D eigenvalue weighted by molar-refractivity contribution is 9.10. The van der Waals surface area contributed by atoms with Crippen molar-refractivity contribution in [3.8, 4) is 17.6 Å². The van der Waals surface area contributed by atoms with E-state index >= 15 is 0 Å². The second-order valence-corrected chi connectivity index (χ2v) is 6.24. The lowest BCUT2D eigenvalue weighted by Gasteiger charge is -2.12. The molecule has 9 heteroatoms. The van der Waals surface area contributed by atoms with Crippen LogP contribution >= 0.6 is 15.9 Å². The number of ether oxygens (including phenoxy) is 2. The van der Waals surface area contributed by atoms with Crippen molar-refractivity contribution >= 4 is 39.3 Å². The Balaban J connectivity index is 2.34. The predicted molar refractivity (Wildman–Crippen MR) is 107 cm³/mol. The minimum Gasteiger partial charge on any atom is -0.493 e. The monoisotopic (exact) mass is 445 g/mol. The van der Waals surface area contributed by atoms with Crippen LogP contribution in [0.5, 0.6) is 11.5 Å². The molecule has 0 unspecified atom stereocenters. The topological polar surface area (TPSA) is 114 Å². The summed E-state index contributed by atoms with van der Waals surface area (Å²) in [4.78, 5) is 22.7. The van der Waals surface area contributed by atoms with Crippen molar-refractivity contribution in [2.75, 3.05) is 19.0 Å². The van der Waals surface area contributed by atoms with Crippen LogP contribution in [-0.4, -0.2) is 24.5 Å². The van der Waals surface area contributed by atoms with Crippen molar-refractivity contribution in [2.24, 2.45) is 0 Å². The molecule has 0 bridgehead atoms. The molecule has 0 saturated heterocycles. The number of benzene rings is 2. The number of nitriles is 1. The fourth-order valence-corrected chi connectivity index (χ4v) is 2.73. The van der Waals surface area contributed by atoms with Crippen molar-refractivity contribution in [1.29, 1.82) is 5.26 Å². The van der Waals surface area contributed by atoms with Crippen LogP contribution in [0.15, 0.2) is 46.4 Å². The highest BCUT2D eigenvalue weighted by Gasteiger charge is 2.15. The average Bonchev–Trinajstić information content (AvgIpc) is 2.68. The summed E-state index contributed by atoms with van der Waals surface area (Å²) in [7, 11) is 1.51. The second-order valence-electron chi connectivity index (χ2n) is 5.39. The van der Waals surface area contributed by atoms with Crippen molar-refractivity contribution in [3.05, 3.63) is 62.1 Å². The van der Waals surface area contributed by atoms with Crippen LogP contribution in [0.25, 0.3) is 6.08 Å². The van der Waals surface area contributed by atoms with Gasteiger partial charge in [0.2, 0.25) is 0 Å². The maximum Gasteiger partial charge on any atom is 0.271 e. The number of nitrogens with one attached hydrogen (secondary N) is 1. The molecule has 0 atom stereocenters. The number of carbonyl (C=O) groups is 1. The molecule has 0 heterocycles. The van der Waals surface area contributed by atoms with Crippen LogP contribution in [0, 0.1) is 21.4 Å². The zero-order valence-corrected chi connectivity index (χ0v) is 16.6. The summed E-state index contributed by atoms with van der Waals surface area (Å²) < 4.78 is 11.4. The second kappa shape index (κ2) is 9.53. The molecule has 2 aromatic carbocycles. The van der Waals surface area contributed by atoms with Gasteiger partial charge in [0.05, 0.1) is 18.6 Å². The number of hydrogen-bond acceptors (Lipinski definition) is 6. The fraction of sp³-hybridized carbons (Fsp3) is 0.158. The van der Waals surface area contributed by atoms with Crippen LogP contribution < -0.4 is 14.8 Å². The molecule has 8 nitrogen and oxygen atoms in total. The molecular weight excluding hydrogens is 430 g/mol. The number of nitro benzene ring substituents is 1. The molecule has 0 aliphatic rings. The number of methoxy groups -OCH3 is 1. The number of rotatable bonds is 7. The summed E-state index contributed by atoms with van der Waals surface area (Å²) in [6.07, 6.45) is 1.39.